The van der Waals surface area contributed by atoms with Gasteiger partial charge in [0.2, 0.25) is 0 Å². The summed E-state index contributed by atoms with van der Waals surface area (Å²) in [7, 11) is 0. The molecule has 6 heteroatoms. The normalized spacial score (nSPS) is 12.5. The van der Waals surface area contributed by atoms with E-state index in [0.29, 0.717) is 0 Å². The summed E-state index contributed by atoms with van der Waals surface area (Å²) < 4.78 is 26.1. The highest BCUT2D eigenvalue weighted by Gasteiger charge is 2.18. The average molecular weight is 281 g/mol. The largest absolute Gasteiger partial charge is 0.479 e. The second kappa shape index (κ2) is 4.67. The number of aliphatic hydroxyl groups is 1. The molecule has 82 valence electrons. The lowest BCUT2D eigenvalue weighted by Gasteiger charge is -2.07. The Labute approximate surface area is 92.5 Å². The number of aliphatic carboxylic acids is 1. The lowest BCUT2D eigenvalue weighted by molar-refractivity contribution is -0.146. The summed E-state index contributed by atoms with van der Waals surface area (Å²) in [4.78, 5) is 10.3. The third-order valence-corrected chi connectivity index (χ3v) is 2.43. The lowest BCUT2D eigenvalue weighted by atomic mass is 10.1. The molecule has 0 heterocycles. The fraction of sp³-hybridized carbons (Fsp3) is 0.222. The summed E-state index contributed by atoms with van der Waals surface area (Å²) in [5.74, 6) is -3.72. The minimum Gasteiger partial charge on any atom is -0.479 e. The fourth-order valence-corrected chi connectivity index (χ4v) is 1.33. The summed E-state index contributed by atoms with van der Waals surface area (Å²) >= 11 is 2.78. The van der Waals surface area contributed by atoms with Gasteiger partial charge in [-0.15, -0.1) is 0 Å². The molecule has 1 aromatic rings. The number of halogens is 3. The molecular weight excluding hydrogens is 274 g/mol. The van der Waals surface area contributed by atoms with Gasteiger partial charge in [-0.1, -0.05) is 6.07 Å². The van der Waals surface area contributed by atoms with E-state index in [9.17, 15) is 13.6 Å². The van der Waals surface area contributed by atoms with E-state index in [4.69, 9.17) is 10.2 Å². The van der Waals surface area contributed by atoms with Crippen molar-refractivity contribution in [2.24, 2.45) is 0 Å². The number of aliphatic hydroxyl groups excluding tert-OH is 1. The van der Waals surface area contributed by atoms with E-state index < -0.39 is 30.1 Å². The first-order valence-corrected chi connectivity index (χ1v) is 4.76. The van der Waals surface area contributed by atoms with Gasteiger partial charge in [0.1, 0.15) is 0 Å². The van der Waals surface area contributed by atoms with Crippen molar-refractivity contribution in [1.82, 2.24) is 0 Å². The number of carbonyl (C=O) groups is 1. The van der Waals surface area contributed by atoms with Gasteiger partial charge in [0.25, 0.3) is 0 Å². The van der Waals surface area contributed by atoms with E-state index in [-0.39, 0.29) is 10.0 Å². The number of hydrogen-bond acceptors (Lipinski definition) is 2. The Balaban J connectivity index is 2.97. The van der Waals surface area contributed by atoms with Crippen LogP contribution in [0, 0.1) is 11.6 Å². The highest BCUT2D eigenvalue weighted by molar-refractivity contribution is 9.10. The molecule has 2 N–H and O–H groups in total. The quantitative estimate of drug-likeness (QED) is 0.829. The summed E-state index contributed by atoms with van der Waals surface area (Å²) in [6, 6.07) is 2.47. The van der Waals surface area contributed by atoms with E-state index in [1.165, 1.54) is 12.1 Å². The van der Waals surface area contributed by atoms with Crippen LogP contribution in [0.2, 0.25) is 0 Å². The minimum atomic E-state index is -1.74. The molecule has 0 aliphatic heterocycles. The van der Waals surface area contributed by atoms with Gasteiger partial charge < -0.3 is 10.2 Å². The van der Waals surface area contributed by atoms with Crippen molar-refractivity contribution in [2.75, 3.05) is 0 Å². The van der Waals surface area contributed by atoms with Gasteiger partial charge in [-0.3, -0.25) is 0 Å². The van der Waals surface area contributed by atoms with Gasteiger partial charge in [0, 0.05) is 6.42 Å². The maximum absolute atomic E-state index is 13.2. The number of benzene rings is 1. The van der Waals surface area contributed by atoms with Gasteiger partial charge in [-0.25, -0.2) is 13.6 Å². The van der Waals surface area contributed by atoms with Crippen molar-refractivity contribution in [3.8, 4) is 0 Å². The SMILES string of the molecule is O=C(O)C(O)Cc1ccc(Br)c(F)c1F. The monoisotopic (exact) mass is 280 g/mol. The molecule has 0 radical (unpaired) electrons. The van der Waals surface area contributed by atoms with Crippen LogP contribution in [0.4, 0.5) is 8.78 Å². The summed E-state index contributed by atoms with van der Waals surface area (Å²) in [5, 5.41) is 17.3. The maximum atomic E-state index is 13.2. The molecule has 0 saturated heterocycles. The second-order valence-corrected chi connectivity index (χ2v) is 3.75. The van der Waals surface area contributed by atoms with Crippen molar-refractivity contribution in [3.05, 3.63) is 33.8 Å². The Bertz CT molecular complexity index is 395. The molecule has 1 rings (SSSR count). The van der Waals surface area contributed by atoms with E-state index >= 15 is 0 Å². The van der Waals surface area contributed by atoms with Crippen molar-refractivity contribution < 1.29 is 23.8 Å². The minimum absolute atomic E-state index is 0.0476. The van der Waals surface area contributed by atoms with Crippen LogP contribution in [0.1, 0.15) is 5.56 Å². The Hall–Kier alpha value is -1.01. The second-order valence-electron chi connectivity index (χ2n) is 2.89. The van der Waals surface area contributed by atoms with Gasteiger partial charge in [-0.05, 0) is 27.6 Å². The molecule has 15 heavy (non-hydrogen) atoms. The summed E-state index contributed by atoms with van der Waals surface area (Å²) in [6.45, 7) is 0. The van der Waals surface area contributed by atoms with Gasteiger partial charge in [0.05, 0.1) is 4.47 Å². The van der Waals surface area contributed by atoms with E-state index in [1.807, 2.05) is 0 Å². The Morgan fingerprint density at radius 2 is 2.00 bits per heavy atom. The van der Waals surface area contributed by atoms with Crippen LogP contribution in [0.15, 0.2) is 16.6 Å². The zero-order valence-corrected chi connectivity index (χ0v) is 8.96. The van der Waals surface area contributed by atoms with Crippen LogP contribution in [0.3, 0.4) is 0 Å². The van der Waals surface area contributed by atoms with Crippen LogP contribution in [-0.4, -0.2) is 22.3 Å². The molecule has 0 aromatic heterocycles. The van der Waals surface area contributed by atoms with E-state index in [2.05, 4.69) is 15.9 Å². The molecule has 3 nitrogen and oxygen atoms in total. The smallest absolute Gasteiger partial charge is 0.332 e. The van der Waals surface area contributed by atoms with Crippen LogP contribution >= 0.6 is 15.9 Å². The number of rotatable bonds is 3. The third-order valence-electron chi connectivity index (χ3n) is 1.81. The topological polar surface area (TPSA) is 57.5 Å². The Morgan fingerprint density at radius 3 is 2.53 bits per heavy atom. The highest BCUT2D eigenvalue weighted by Crippen LogP contribution is 2.21. The molecular formula is C9H7BrF2O3. The van der Waals surface area contributed by atoms with Crippen molar-refractivity contribution in [1.29, 1.82) is 0 Å². The molecule has 0 saturated carbocycles. The number of carboxylic acid groups (broad SMARTS) is 1. The Kier molecular flexibility index (Phi) is 3.76. The maximum Gasteiger partial charge on any atom is 0.332 e. The molecule has 1 unspecified atom stereocenters. The van der Waals surface area contributed by atoms with Gasteiger partial charge in [0.15, 0.2) is 17.7 Å². The van der Waals surface area contributed by atoms with E-state index in [0.717, 1.165) is 0 Å². The molecule has 0 bridgehead atoms. The standard InChI is InChI=1S/C9H7BrF2O3/c10-5-2-1-4(7(11)8(5)12)3-6(13)9(14)15/h1-2,6,13H,3H2,(H,14,15). The molecule has 0 aliphatic rings. The third kappa shape index (κ3) is 2.73. The number of carboxylic acids is 1. The lowest BCUT2D eigenvalue weighted by Crippen LogP contribution is -2.22. The molecule has 0 spiro atoms. The molecule has 1 aromatic carbocycles. The molecule has 1 atom stereocenters. The van der Waals surface area contributed by atoms with Crippen molar-refractivity contribution >= 4 is 21.9 Å². The van der Waals surface area contributed by atoms with Crippen molar-refractivity contribution in [2.45, 2.75) is 12.5 Å². The Morgan fingerprint density at radius 1 is 1.40 bits per heavy atom. The van der Waals surface area contributed by atoms with Crippen LogP contribution in [0.25, 0.3) is 0 Å². The molecule has 0 aliphatic carbocycles. The first-order valence-electron chi connectivity index (χ1n) is 3.96. The van der Waals surface area contributed by atoms with Gasteiger partial charge in [-0.2, -0.15) is 0 Å². The zero-order valence-electron chi connectivity index (χ0n) is 7.38. The average Bonchev–Trinajstić information content (AvgIpc) is 2.18. The van der Waals surface area contributed by atoms with Crippen LogP contribution < -0.4 is 0 Å². The highest BCUT2D eigenvalue weighted by atomic mass is 79.9. The molecule has 0 amide bonds. The number of hydrogen-bond donors (Lipinski definition) is 2. The fourth-order valence-electron chi connectivity index (χ4n) is 1.02. The zero-order chi connectivity index (χ0) is 11.6. The van der Waals surface area contributed by atoms with Gasteiger partial charge >= 0.3 is 5.97 Å². The first kappa shape index (κ1) is 12.1. The predicted molar refractivity (Wildman–Crippen MR) is 51.4 cm³/mol. The first-order chi connectivity index (χ1) is 6.93. The molecule has 0 fully saturated rings. The summed E-state index contributed by atoms with van der Waals surface area (Å²) in [5.41, 5.74) is -0.175. The van der Waals surface area contributed by atoms with Crippen molar-refractivity contribution in [3.63, 3.8) is 0 Å². The predicted octanol–water partition coefficient (Wildman–Crippen LogP) is 1.72. The van der Waals surface area contributed by atoms with E-state index in [1.54, 1.807) is 0 Å². The van der Waals surface area contributed by atoms with Crippen LogP contribution in [-0.2, 0) is 11.2 Å². The summed E-state index contributed by atoms with van der Waals surface area (Å²) in [6.07, 6.45) is -2.20. The van der Waals surface area contributed by atoms with Crippen LogP contribution in [0.5, 0.6) is 0 Å².